The third-order valence-corrected chi connectivity index (χ3v) is 4.52. The van der Waals surface area contributed by atoms with Crippen molar-refractivity contribution in [2.45, 2.75) is 13.5 Å². The summed E-state index contributed by atoms with van der Waals surface area (Å²) in [7, 11) is 0. The Morgan fingerprint density at radius 2 is 1.91 bits per heavy atom. The molecule has 0 fully saturated rings. The minimum Gasteiger partial charge on any atom is -0.487 e. The predicted molar refractivity (Wildman–Crippen MR) is 89.2 cm³/mol. The van der Waals surface area contributed by atoms with Crippen molar-refractivity contribution in [2.24, 2.45) is 0 Å². The lowest BCUT2D eigenvalue weighted by Gasteiger charge is -2.05. The quantitative estimate of drug-likeness (QED) is 0.712. The van der Waals surface area contributed by atoms with Crippen LogP contribution >= 0.6 is 11.3 Å². The topological polar surface area (TPSA) is 40.6 Å². The summed E-state index contributed by atoms with van der Waals surface area (Å²) < 4.78 is 16.4. The first kappa shape index (κ1) is 14.1. The predicted octanol–water partition coefficient (Wildman–Crippen LogP) is 4.43. The van der Waals surface area contributed by atoms with Crippen molar-refractivity contribution in [3.05, 3.63) is 59.1 Å². The fraction of sp³-hybridized carbons (Fsp3) is 0.167. The van der Waals surface area contributed by atoms with E-state index in [0.717, 1.165) is 33.5 Å². The summed E-state index contributed by atoms with van der Waals surface area (Å²) in [5.41, 5.74) is 3.30. The molecule has 1 aromatic heterocycles. The highest BCUT2D eigenvalue weighted by Gasteiger charge is 2.14. The molecule has 2 heterocycles. The van der Waals surface area contributed by atoms with Crippen LogP contribution in [0.25, 0.3) is 10.6 Å². The first-order valence-electron chi connectivity index (χ1n) is 7.32. The number of hydrogen-bond donors (Lipinski definition) is 0. The van der Waals surface area contributed by atoms with Crippen molar-refractivity contribution in [3.8, 4) is 27.8 Å². The van der Waals surface area contributed by atoms with Crippen LogP contribution in [0, 0.1) is 6.92 Å². The van der Waals surface area contributed by atoms with Gasteiger partial charge in [-0.3, -0.25) is 0 Å². The van der Waals surface area contributed by atoms with Gasteiger partial charge in [-0.15, -0.1) is 11.3 Å². The molecule has 0 unspecified atom stereocenters. The van der Waals surface area contributed by atoms with E-state index in [-0.39, 0.29) is 6.79 Å². The summed E-state index contributed by atoms with van der Waals surface area (Å²) in [6.45, 7) is 2.78. The Morgan fingerprint density at radius 1 is 1.09 bits per heavy atom. The molecular weight excluding hydrogens is 310 g/mol. The zero-order chi connectivity index (χ0) is 15.6. The number of hydrogen-bond acceptors (Lipinski definition) is 5. The highest BCUT2D eigenvalue weighted by molar-refractivity contribution is 7.13. The fourth-order valence-corrected chi connectivity index (χ4v) is 3.14. The van der Waals surface area contributed by atoms with Gasteiger partial charge in [0, 0.05) is 17.0 Å². The Labute approximate surface area is 138 Å². The second kappa shape index (κ2) is 5.93. The van der Waals surface area contributed by atoms with Crippen LogP contribution in [0.4, 0.5) is 0 Å². The minimum atomic E-state index is 0.269. The maximum atomic E-state index is 5.79. The highest BCUT2D eigenvalue weighted by atomic mass is 32.1. The van der Waals surface area contributed by atoms with Crippen molar-refractivity contribution >= 4 is 11.3 Å². The number of thiazole rings is 1. The Morgan fingerprint density at radius 3 is 2.78 bits per heavy atom. The zero-order valence-corrected chi connectivity index (χ0v) is 13.4. The van der Waals surface area contributed by atoms with Crippen molar-refractivity contribution in [1.82, 2.24) is 4.98 Å². The fourth-order valence-electron chi connectivity index (χ4n) is 2.33. The average molecular weight is 325 g/mol. The SMILES string of the molecule is Cc1ccc(-c2nc(COc3ccc4c(c3)OCO4)cs2)cc1. The van der Waals surface area contributed by atoms with E-state index in [9.17, 15) is 0 Å². The molecule has 0 atom stereocenters. The Bertz CT molecular complexity index is 827. The largest absolute Gasteiger partial charge is 0.487 e. The number of benzene rings is 2. The van der Waals surface area contributed by atoms with Gasteiger partial charge in [-0.1, -0.05) is 29.8 Å². The summed E-state index contributed by atoms with van der Waals surface area (Å²) in [6.07, 6.45) is 0. The first-order chi connectivity index (χ1) is 11.3. The van der Waals surface area contributed by atoms with Gasteiger partial charge in [0.2, 0.25) is 6.79 Å². The zero-order valence-electron chi connectivity index (χ0n) is 12.6. The number of rotatable bonds is 4. The molecule has 0 radical (unpaired) electrons. The standard InChI is InChI=1S/C18H15NO3S/c1-12-2-4-13(5-3-12)18-19-14(10-23-18)9-20-15-6-7-16-17(8-15)22-11-21-16/h2-8,10H,9,11H2,1H3. The minimum absolute atomic E-state index is 0.269. The molecule has 0 amide bonds. The first-order valence-corrected chi connectivity index (χ1v) is 8.20. The van der Waals surface area contributed by atoms with Crippen molar-refractivity contribution in [1.29, 1.82) is 0 Å². The number of aromatic nitrogens is 1. The van der Waals surface area contributed by atoms with Crippen molar-refractivity contribution in [2.75, 3.05) is 6.79 Å². The lowest BCUT2D eigenvalue weighted by molar-refractivity contribution is 0.173. The van der Waals surface area contributed by atoms with Gasteiger partial charge in [0.15, 0.2) is 11.5 Å². The molecule has 0 aliphatic carbocycles. The third kappa shape index (κ3) is 3.00. The molecule has 116 valence electrons. The molecule has 3 aromatic rings. The molecule has 2 aromatic carbocycles. The van der Waals surface area contributed by atoms with Crippen LogP contribution in [0.15, 0.2) is 47.8 Å². The smallest absolute Gasteiger partial charge is 0.231 e. The number of fused-ring (bicyclic) bond motifs is 1. The van der Waals surface area contributed by atoms with Gasteiger partial charge >= 0.3 is 0 Å². The van der Waals surface area contributed by atoms with Gasteiger partial charge < -0.3 is 14.2 Å². The van der Waals surface area contributed by atoms with E-state index < -0.39 is 0 Å². The lowest BCUT2D eigenvalue weighted by atomic mass is 10.2. The van der Waals surface area contributed by atoms with E-state index in [4.69, 9.17) is 14.2 Å². The molecule has 23 heavy (non-hydrogen) atoms. The second-order valence-corrected chi connectivity index (χ2v) is 6.17. The van der Waals surface area contributed by atoms with E-state index in [0.29, 0.717) is 6.61 Å². The Kier molecular flexibility index (Phi) is 3.63. The lowest BCUT2D eigenvalue weighted by Crippen LogP contribution is -1.95. The molecule has 4 nitrogen and oxygen atoms in total. The van der Waals surface area contributed by atoms with E-state index in [1.54, 1.807) is 11.3 Å². The van der Waals surface area contributed by atoms with Crippen molar-refractivity contribution in [3.63, 3.8) is 0 Å². The molecule has 1 aliphatic rings. The van der Waals surface area contributed by atoms with Gasteiger partial charge in [-0.2, -0.15) is 0 Å². The van der Waals surface area contributed by atoms with Crippen molar-refractivity contribution < 1.29 is 14.2 Å². The highest BCUT2D eigenvalue weighted by Crippen LogP contribution is 2.35. The van der Waals surface area contributed by atoms with Gasteiger partial charge in [0.1, 0.15) is 17.4 Å². The summed E-state index contributed by atoms with van der Waals surface area (Å²) in [6, 6.07) is 14.0. The van der Waals surface area contributed by atoms with E-state index in [1.807, 2.05) is 23.6 Å². The number of nitrogens with zero attached hydrogens (tertiary/aromatic N) is 1. The van der Waals surface area contributed by atoms with Crippen LogP contribution < -0.4 is 14.2 Å². The molecule has 0 N–H and O–H groups in total. The van der Waals surface area contributed by atoms with Crippen LogP contribution in [0.3, 0.4) is 0 Å². The molecule has 5 heteroatoms. The molecule has 0 bridgehead atoms. The van der Waals surface area contributed by atoms with E-state index in [2.05, 4.69) is 36.2 Å². The number of ether oxygens (including phenoxy) is 3. The summed E-state index contributed by atoms with van der Waals surface area (Å²) in [4.78, 5) is 4.64. The van der Waals surface area contributed by atoms with Crippen LogP contribution in [0.2, 0.25) is 0 Å². The van der Waals surface area contributed by atoms with E-state index in [1.165, 1.54) is 5.56 Å². The second-order valence-electron chi connectivity index (χ2n) is 5.31. The van der Waals surface area contributed by atoms with Crippen LogP contribution in [0.1, 0.15) is 11.3 Å². The van der Waals surface area contributed by atoms with Crippen LogP contribution in [-0.2, 0) is 6.61 Å². The number of aryl methyl sites for hydroxylation is 1. The van der Waals surface area contributed by atoms with Gasteiger partial charge in [0.25, 0.3) is 0 Å². The van der Waals surface area contributed by atoms with E-state index >= 15 is 0 Å². The maximum Gasteiger partial charge on any atom is 0.231 e. The average Bonchev–Trinajstić information content (AvgIpc) is 3.22. The summed E-state index contributed by atoms with van der Waals surface area (Å²) in [5.74, 6) is 2.23. The van der Waals surface area contributed by atoms with Gasteiger partial charge in [-0.25, -0.2) is 4.98 Å². The van der Waals surface area contributed by atoms with Crippen LogP contribution in [-0.4, -0.2) is 11.8 Å². The molecule has 0 spiro atoms. The Balaban J connectivity index is 1.44. The molecule has 1 aliphatic heterocycles. The molecule has 4 rings (SSSR count). The normalized spacial score (nSPS) is 12.4. The summed E-state index contributed by atoms with van der Waals surface area (Å²) >= 11 is 1.63. The van der Waals surface area contributed by atoms with Crippen LogP contribution in [0.5, 0.6) is 17.2 Å². The van der Waals surface area contributed by atoms with Gasteiger partial charge in [0.05, 0.1) is 5.69 Å². The third-order valence-electron chi connectivity index (χ3n) is 3.58. The summed E-state index contributed by atoms with van der Waals surface area (Å²) in [5, 5.41) is 3.04. The monoisotopic (exact) mass is 325 g/mol. The Hall–Kier alpha value is -2.53. The molecular formula is C18H15NO3S. The molecule has 0 saturated carbocycles. The molecule has 0 saturated heterocycles. The maximum absolute atomic E-state index is 5.79. The van der Waals surface area contributed by atoms with Gasteiger partial charge in [-0.05, 0) is 19.1 Å².